The molecule has 102 valence electrons. The number of hydrogen-bond donors (Lipinski definition) is 2. The van der Waals surface area contributed by atoms with Crippen LogP contribution in [-0.2, 0) is 9.59 Å². The van der Waals surface area contributed by atoms with Gasteiger partial charge >= 0.3 is 0 Å². The molecule has 1 aliphatic rings. The number of nitrogens with one attached hydrogen (secondary N) is 2. The molecule has 0 aliphatic carbocycles. The highest BCUT2D eigenvalue weighted by atomic mass is 35.5. The molecule has 1 fully saturated rings. The van der Waals surface area contributed by atoms with Gasteiger partial charge in [0, 0.05) is 18.0 Å². The summed E-state index contributed by atoms with van der Waals surface area (Å²) in [5, 5.41) is 6.30. The van der Waals surface area contributed by atoms with Crippen LogP contribution in [0.4, 0.5) is 0 Å². The van der Waals surface area contributed by atoms with Crippen LogP contribution in [0.15, 0.2) is 24.3 Å². The quantitative estimate of drug-likeness (QED) is 0.890. The Balaban J connectivity index is 1.95. The summed E-state index contributed by atoms with van der Waals surface area (Å²) in [5.41, 5.74) is 0.900. The molecule has 1 aromatic carbocycles. The third-order valence-electron chi connectivity index (χ3n) is 3.37. The fourth-order valence-electron chi connectivity index (χ4n) is 2.19. The number of amides is 2. The van der Waals surface area contributed by atoms with Gasteiger partial charge in [-0.1, -0.05) is 29.8 Å². The first kappa shape index (κ1) is 13.9. The minimum absolute atomic E-state index is 0.0169. The van der Waals surface area contributed by atoms with Crippen LogP contribution in [0.25, 0.3) is 0 Å². The molecule has 1 heterocycles. The minimum atomic E-state index is -0.150. The van der Waals surface area contributed by atoms with E-state index in [0.29, 0.717) is 24.4 Å². The van der Waals surface area contributed by atoms with Crippen molar-refractivity contribution in [2.45, 2.75) is 25.8 Å². The molecular weight excluding hydrogens is 264 g/mol. The van der Waals surface area contributed by atoms with E-state index in [0.717, 1.165) is 5.56 Å². The Morgan fingerprint density at radius 1 is 1.47 bits per heavy atom. The van der Waals surface area contributed by atoms with E-state index < -0.39 is 0 Å². The Hall–Kier alpha value is -1.55. The Kier molecular flexibility index (Phi) is 4.43. The fraction of sp³-hybridized carbons (Fsp3) is 0.429. The molecule has 1 aliphatic heterocycles. The van der Waals surface area contributed by atoms with E-state index >= 15 is 0 Å². The van der Waals surface area contributed by atoms with E-state index in [2.05, 4.69) is 10.6 Å². The molecule has 0 spiro atoms. The zero-order valence-electron chi connectivity index (χ0n) is 10.8. The summed E-state index contributed by atoms with van der Waals surface area (Å²) in [6.07, 6.45) is 1.02. The lowest BCUT2D eigenvalue weighted by Gasteiger charge is -2.24. The minimum Gasteiger partial charge on any atom is -0.355 e. The van der Waals surface area contributed by atoms with Gasteiger partial charge in [0.1, 0.15) is 0 Å². The van der Waals surface area contributed by atoms with Gasteiger partial charge in [0.2, 0.25) is 11.8 Å². The summed E-state index contributed by atoms with van der Waals surface area (Å²) in [5.74, 6) is -0.168. The van der Waals surface area contributed by atoms with Crippen molar-refractivity contribution in [3.05, 3.63) is 34.9 Å². The lowest BCUT2D eigenvalue weighted by Crippen LogP contribution is -2.43. The van der Waals surface area contributed by atoms with Crippen LogP contribution in [-0.4, -0.2) is 18.4 Å². The molecule has 0 aromatic heterocycles. The lowest BCUT2D eigenvalue weighted by molar-refractivity contribution is -0.129. The van der Waals surface area contributed by atoms with Crippen LogP contribution in [0.2, 0.25) is 5.02 Å². The van der Waals surface area contributed by atoms with Gasteiger partial charge in [0.05, 0.1) is 12.0 Å². The summed E-state index contributed by atoms with van der Waals surface area (Å²) < 4.78 is 0. The number of benzene rings is 1. The normalized spacial score (nSPS) is 20.5. The van der Waals surface area contributed by atoms with E-state index in [1.165, 1.54) is 0 Å². The highest BCUT2D eigenvalue weighted by molar-refractivity contribution is 6.31. The second-order valence-corrected chi connectivity index (χ2v) is 5.20. The molecule has 4 nitrogen and oxygen atoms in total. The predicted molar refractivity (Wildman–Crippen MR) is 73.7 cm³/mol. The monoisotopic (exact) mass is 280 g/mol. The first-order valence-electron chi connectivity index (χ1n) is 6.39. The van der Waals surface area contributed by atoms with Crippen molar-refractivity contribution in [2.75, 3.05) is 6.54 Å². The largest absolute Gasteiger partial charge is 0.355 e. The van der Waals surface area contributed by atoms with Crippen molar-refractivity contribution < 1.29 is 9.59 Å². The highest BCUT2D eigenvalue weighted by Crippen LogP contribution is 2.23. The van der Waals surface area contributed by atoms with E-state index in [-0.39, 0.29) is 23.8 Å². The Morgan fingerprint density at radius 2 is 2.21 bits per heavy atom. The molecule has 0 radical (unpaired) electrons. The van der Waals surface area contributed by atoms with Crippen molar-refractivity contribution in [3.8, 4) is 0 Å². The highest BCUT2D eigenvalue weighted by Gasteiger charge is 2.25. The van der Waals surface area contributed by atoms with Crippen molar-refractivity contribution in [1.82, 2.24) is 10.6 Å². The zero-order chi connectivity index (χ0) is 13.8. The van der Waals surface area contributed by atoms with Gasteiger partial charge < -0.3 is 10.6 Å². The first-order valence-corrected chi connectivity index (χ1v) is 6.77. The Labute approximate surface area is 117 Å². The van der Waals surface area contributed by atoms with E-state index in [9.17, 15) is 9.59 Å². The molecule has 5 heteroatoms. The summed E-state index contributed by atoms with van der Waals surface area (Å²) in [6.45, 7) is 2.32. The van der Waals surface area contributed by atoms with Crippen molar-refractivity contribution in [3.63, 3.8) is 0 Å². The number of carbonyl (C=O) groups is 2. The van der Waals surface area contributed by atoms with Gasteiger partial charge in [-0.2, -0.15) is 0 Å². The Morgan fingerprint density at radius 3 is 2.84 bits per heavy atom. The van der Waals surface area contributed by atoms with E-state index in [4.69, 9.17) is 11.6 Å². The molecular formula is C14H17ClN2O2. The zero-order valence-corrected chi connectivity index (χ0v) is 11.5. The molecule has 0 saturated carbocycles. The van der Waals surface area contributed by atoms with Crippen LogP contribution in [0.3, 0.4) is 0 Å². The van der Waals surface area contributed by atoms with E-state index in [1.807, 2.05) is 25.1 Å². The van der Waals surface area contributed by atoms with Gasteiger partial charge in [0.15, 0.2) is 0 Å². The first-order chi connectivity index (χ1) is 9.08. The number of halogens is 1. The molecule has 2 unspecified atom stereocenters. The maximum absolute atomic E-state index is 12.1. The number of piperidine rings is 1. The molecule has 2 rings (SSSR count). The van der Waals surface area contributed by atoms with Crippen molar-refractivity contribution >= 4 is 23.4 Å². The molecule has 1 saturated heterocycles. The van der Waals surface area contributed by atoms with Crippen LogP contribution in [0.5, 0.6) is 0 Å². The average molecular weight is 281 g/mol. The third-order valence-corrected chi connectivity index (χ3v) is 3.71. The van der Waals surface area contributed by atoms with Gasteiger partial charge in [0.25, 0.3) is 0 Å². The summed E-state index contributed by atoms with van der Waals surface area (Å²) >= 11 is 6.10. The molecule has 0 bridgehead atoms. The van der Waals surface area contributed by atoms with E-state index in [1.54, 1.807) is 6.07 Å². The number of carbonyl (C=O) groups excluding carboxylic acids is 2. The number of hydrogen-bond acceptors (Lipinski definition) is 2. The molecule has 2 amide bonds. The molecule has 1 aromatic rings. The third kappa shape index (κ3) is 3.47. The standard InChI is InChI=1S/C14H17ClN2O2/c1-9(11-4-2-3-5-12(11)15)17-14(19)10-6-7-13(18)16-8-10/h2-5,9-10H,6-8H2,1H3,(H,16,18)(H,17,19). The predicted octanol–water partition coefficient (Wildman–Crippen LogP) is 2.04. The van der Waals surface area contributed by atoms with Crippen LogP contribution < -0.4 is 10.6 Å². The lowest BCUT2D eigenvalue weighted by atomic mass is 9.97. The van der Waals surface area contributed by atoms with Crippen LogP contribution in [0, 0.1) is 5.92 Å². The second kappa shape index (κ2) is 6.06. The summed E-state index contributed by atoms with van der Waals surface area (Å²) in [4.78, 5) is 23.2. The molecule has 2 atom stereocenters. The fourth-order valence-corrected chi connectivity index (χ4v) is 2.49. The smallest absolute Gasteiger partial charge is 0.225 e. The summed E-state index contributed by atoms with van der Waals surface area (Å²) in [7, 11) is 0. The van der Waals surface area contributed by atoms with Gasteiger partial charge in [-0.3, -0.25) is 9.59 Å². The molecule has 19 heavy (non-hydrogen) atoms. The maximum Gasteiger partial charge on any atom is 0.225 e. The second-order valence-electron chi connectivity index (χ2n) is 4.79. The Bertz CT molecular complexity index is 480. The maximum atomic E-state index is 12.1. The molecule has 2 N–H and O–H groups in total. The van der Waals surface area contributed by atoms with Crippen molar-refractivity contribution in [2.24, 2.45) is 5.92 Å². The van der Waals surface area contributed by atoms with Crippen LogP contribution in [0.1, 0.15) is 31.4 Å². The summed E-state index contributed by atoms with van der Waals surface area (Å²) in [6, 6.07) is 7.32. The van der Waals surface area contributed by atoms with Gasteiger partial charge in [-0.15, -0.1) is 0 Å². The SMILES string of the molecule is CC(NC(=O)C1CCC(=O)NC1)c1ccccc1Cl. The average Bonchev–Trinajstić information content (AvgIpc) is 2.39. The topological polar surface area (TPSA) is 58.2 Å². The van der Waals surface area contributed by atoms with Gasteiger partial charge in [-0.25, -0.2) is 0 Å². The van der Waals surface area contributed by atoms with Gasteiger partial charge in [-0.05, 0) is 25.0 Å². The number of rotatable bonds is 3. The van der Waals surface area contributed by atoms with Crippen molar-refractivity contribution in [1.29, 1.82) is 0 Å². The van der Waals surface area contributed by atoms with Crippen LogP contribution >= 0.6 is 11.6 Å².